The molecule has 1 saturated heterocycles. The number of benzene rings is 2. The summed E-state index contributed by atoms with van der Waals surface area (Å²) in [4.78, 5) is 16.6. The summed E-state index contributed by atoms with van der Waals surface area (Å²) in [5, 5.41) is 1.84. The van der Waals surface area contributed by atoms with Crippen LogP contribution in [0.5, 0.6) is 0 Å². The fourth-order valence-corrected chi connectivity index (χ4v) is 3.49. The second kappa shape index (κ2) is 7.64. The van der Waals surface area contributed by atoms with Crippen LogP contribution in [0.4, 0.5) is 5.69 Å². The minimum Gasteiger partial charge on any atom is -0.368 e. The van der Waals surface area contributed by atoms with Gasteiger partial charge in [0.15, 0.2) is 0 Å². The molecule has 1 aliphatic rings. The van der Waals surface area contributed by atoms with Crippen molar-refractivity contribution in [2.24, 2.45) is 0 Å². The van der Waals surface area contributed by atoms with Gasteiger partial charge in [0.05, 0.1) is 6.42 Å². The molecule has 3 rings (SSSR count). The predicted octanol–water partition coefficient (Wildman–Crippen LogP) is 4.54. The quantitative estimate of drug-likeness (QED) is 0.777. The van der Waals surface area contributed by atoms with Gasteiger partial charge in [0.1, 0.15) is 0 Å². The van der Waals surface area contributed by atoms with Gasteiger partial charge in [-0.2, -0.15) is 0 Å². The molecule has 2 aromatic rings. The maximum Gasteiger partial charge on any atom is 0.227 e. The van der Waals surface area contributed by atoms with Crippen molar-refractivity contribution in [3.05, 3.63) is 63.1 Å². The third kappa shape index (κ3) is 4.15. The number of rotatable bonds is 3. The van der Waals surface area contributed by atoms with Crippen molar-refractivity contribution in [1.29, 1.82) is 0 Å². The molecule has 0 spiro atoms. The van der Waals surface area contributed by atoms with Crippen molar-refractivity contribution in [2.45, 2.75) is 6.42 Å². The van der Waals surface area contributed by atoms with Crippen LogP contribution in [-0.2, 0) is 11.2 Å². The van der Waals surface area contributed by atoms with Gasteiger partial charge in [-0.05, 0) is 35.9 Å². The van der Waals surface area contributed by atoms with E-state index in [1.54, 1.807) is 12.1 Å². The van der Waals surface area contributed by atoms with Gasteiger partial charge >= 0.3 is 0 Å². The molecule has 0 aliphatic carbocycles. The van der Waals surface area contributed by atoms with Gasteiger partial charge in [-0.15, -0.1) is 0 Å². The maximum atomic E-state index is 12.5. The molecule has 0 unspecified atom stereocenters. The SMILES string of the molecule is O=C(Cc1ccc(Cl)cc1Cl)N1CCN(c2cccc(Cl)c2)CC1. The molecule has 0 bridgehead atoms. The van der Waals surface area contributed by atoms with Crippen LogP contribution in [0.25, 0.3) is 0 Å². The van der Waals surface area contributed by atoms with E-state index in [4.69, 9.17) is 34.8 Å². The first-order valence-corrected chi connectivity index (χ1v) is 8.88. The van der Waals surface area contributed by atoms with Gasteiger partial charge < -0.3 is 9.80 Å². The second-order valence-electron chi connectivity index (χ2n) is 5.76. The van der Waals surface area contributed by atoms with Crippen molar-refractivity contribution in [1.82, 2.24) is 4.90 Å². The monoisotopic (exact) mass is 382 g/mol. The lowest BCUT2D eigenvalue weighted by Gasteiger charge is -2.36. The second-order valence-corrected chi connectivity index (χ2v) is 7.04. The summed E-state index contributed by atoms with van der Waals surface area (Å²) in [7, 11) is 0. The fraction of sp³-hybridized carbons (Fsp3) is 0.278. The van der Waals surface area contributed by atoms with E-state index in [-0.39, 0.29) is 5.91 Å². The molecule has 0 atom stereocenters. The average Bonchev–Trinajstić information content (AvgIpc) is 2.57. The maximum absolute atomic E-state index is 12.5. The highest BCUT2D eigenvalue weighted by Crippen LogP contribution is 2.23. The van der Waals surface area contributed by atoms with E-state index in [0.29, 0.717) is 29.6 Å². The van der Waals surface area contributed by atoms with Crippen LogP contribution in [0.1, 0.15) is 5.56 Å². The molecule has 1 amide bonds. The largest absolute Gasteiger partial charge is 0.368 e. The molecule has 24 heavy (non-hydrogen) atoms. The highest BCUT2D eigenvalue weighted by molar-refractivity contribution is 6.35. The Hall–Kier alpha value is -1.42. The topological polar surface area (TPSA) is 23.6 Å². The molecule has 3 nitrogen and oxygen atoms in total. The summed E-state index contributed by atoms with van der Waals surface area (Å²) in [6, 6.07) is 13.0. The summed E-state index contributed by atoms with van der Waals surface area (Å²) in [6.07, 6.45) is 0.299. The highest BCUT2D eigenvalue weighted by atomic mass is 35.5. The molecule has 0 saturated carbocycles. The van der Waals surface area contributed by atoms with Crippen LogP contribution in [0.3, 0.4) is 0 Å². The van der Waals surface area contributed by atoms with E-state index in [1.165, 1.54) is 0 Å². The van der Waals surface area contributed by atoms with Crippen molar-refractivity contribution in [2.75, 3.05) is 31.1 Å². The van der Waals surface area contributed by atoms with Gasteiger partial charge in [-0.1, -0.05) is 46.9 Å². The summed E-state index contributed by atoms with van der Waals surface area (Å²) in [6.45, 7) is 2.97. The smallest absolute Gasteiger partial charge is 0.227 e. The van der Waals surface area contributed by atoms with Crippen LogP contribution in [0.2, 0.25) is 15.1 Å². The van der Waals surface area contributed by atoms with Crippen LogP contribution in [0, 0.1) is 0 Å². The van der Waals surface area contributed by atoms with Crippen LogP contribution < -0.4 is 4.90 Å². The Bertz CT molecular complexity index is 743. The Balaban J connectivity index is 1.59. The number of halogens is 3. The lowest BCUT2D eigenvalue weighted by molar-refractivity contribution is -0.130. The van der Waals surface area contributed by atoms with Gasteiger partial charge in [-0.25, -0.2) is 0 Å². The average molecular weight is 384 g/mol. The molecule has 0 aromatic heterocycles. The summed E-state index contributed by atoms with van der Waals surface area (Å²) >= 11 is 18.1. The molecule has 126 valence electrons. The third-order valence-electron chi connectivity index (χ3n) is 4.16. The van der Waals surface area contributed by atoms with Gasteiger partial charge in [-0.3, -0.25) is 4.79 Å². The first-order valence-electron chi connectivity index (χ1n) is 7.75. The van der Waals surface area contributed by atoms with Crippen molar-refractivity contribution in [3.63, 3.8) is 0 Å². The molecular weight excluding hydrogens is 367 g/mol. The number of hydrogen-bond acceptors (Lipinski definition) is 2. The highest BCUT2D eigenvalue weighted by Gasteiger charge is 2.22. The first kappa shape index (κ1) is 17.4. The Labute approximate surface area is 156 Å². The summed E-state index contributed by atoms with van der Waals surface area (Å²) < 4.78 is 0. The number of piperazine rings is 1. The number of hydrogen-bond donors (Lipinski definition) is 0. The van der Waals surface area contributed by atoms with Crippen LogP contribution in [0.15, 0.2) is 42.5 Å². The molecule has 1 fully saturated rings. The summed E-state index contributed by atoms with van der Waals surface area (Å²) in [5.41, 5.74) is 1.90. The zero-order valence-electron chi connectivity index (χ0n) is 13.0. The summed E-state index contributed by atoms with van der Waals surface area (Å²) in [5.74, 6) is 0.0879. The number of carbonyl (C=O) groups excluding carboxylic acids is 1. The van der Waals surface area contributed by atoms with E-state index in [1.807, 2.05) is 35.2 Å². The Morgan fingerprint density at radius 1 is 0.917 bits per heavy atom. The Morgan fingerprint density at radius 2 is 1.62 bits per heavy atom. The van der Waals surface area contributed by atoms with E-state index in [9.17, 15) is 4.79 Å². The lowest BCUT2D eigenvalue weighted by Crippen LogP contribution is -2.49. The van der Waals surface area contributed by atoms with E-state index < -0.39 is 0 Å². The number of anilines is 1. The van der Waals surface area contributed by atoms with Crippen LogP contribution >= 0.6 is 34.8 Å². The third-order valence-corrected chi connectivity index (χ3v) is 4.98. The van der Waals surface area contributed by atoms with Gasteiger partial charge in [0.2, 0.25) is 5.91 Å². The normalized spacial score (nSPS) is 14.8. The van der Waals surface area contributed by atoms with Gasteiger partial charge in [0.25, 0.3) is 0 Å². The van der Waals surface area contributed by atoms with E-state index in [2.05, 4.69) is 4.90 Å². The molecule has 1 heterocycles. The minimum absolute atomic E-state index is 0.0879. The molecular formula is C18H17Cl3N2O. The first-order chi connectivity index (χ1) is 11.5. The molecule has 1 aliphatic heterocycles. The van der Waals surface area contributed by atoms with Crippen molar-refractivity contribution >= 4 is 46.4 Å². The zero-order valence-corrected chi connectivity index (χ0v) is 15.3. The Morgan fingerprint density at radius 3 is 2.29 bits per heavy atom. The predicted molar refractivity (Wildman–Crippen MR) is 100 cm³/mol. The number of carbonyl (C=O) groups is 1. The van der Waals surface area contributed by atoms with Crippen molar-refractivity contribution in [3.8, 4) is 0 Å². The van der Waals surface area contributed by atoms with Crippen LogP contribution in [-0.4, -0.2) is 37.0 Å². The molecule has 6 heteroatoms. The van der Waals surface area contributed by atoms with Gasteiger partial charge in [0, 0.05) is 46.9 Å². The molecule has 2 aromatic carbocycles. The Kier molecular flexibility index (Phi) is 5.54. The lowest BCUT2D eigenvalue weighted by atomic mass is 10.1. The zero-order chi connectivity index (χ0) is 17.1. The van der Waals surface area contributed by atoms with E-state index in [0.717, 1.165) is 29.4 Å². The number of amides is 1. The molecule has 0 N–H and O–H groups in total. The minimum atomic E-state index is 0.0879. The molecule has 0 radical (unpaired) electrons. The van der Waals surface area contributed by atoms with Crippen molar-refractivity contribution < 1.29 is 4.79 Å². The van der Waals surface area contributed by atoms with E-state index >= 15 is 0 Å². The standard InChI is InChI=1S/C18H17Cl3N2O/c19-14-2-1-3-16(11-14)22-6-8-23(9-7-22)18(24)10-13-4-5-15(20)12-17(13)21/h1-5,11-12H,6-10H2. The number of nitrogens with zero attached hydrogens (tertiary/aromatic N) is 2. The fourth-order valence-electron chi connectivity index (χ4n) is 2.83.